The zero-order valence-electron chi connectivity index (χ0n) is 13.3. The van der Waals surface area contributed by atoms with Gasteiger partial charge in [0.25, 0.3) is 0 Å². The van der Waals surface area contributed by atoms with Crippen LogP contribution in [0.5, 0.6) is 0 Å². The molecule has 0 amide bonds. The number of nitrogens with one attached hydrogen (secondary N) is 2. The highest BCUT2D eigenvalue weighted by atomic mass is 15.2. The highest BCUT2D eigenvalue weighted by Gasteiger charge is 2.11. The molecule has 0 aliphatic rings. The average Bonchev–Trinajstić information content (AvgIpc) is 2.24. The molecule has 0 heterocycles. The minimum absolute atomic E-state index is 0.0553. The molecule has 0 spiro atoms. The van der Waals surface area contributed by atoms with Crippen LogP contribution in [-0.4, -0.2) is 49.6 Å². The van der Waals surface area contributed by atoms with Crippen LogP contribution >= 0.6 is 0 Å². The predicted octanol–water partition coefficient (Wildman–Crippen LogP) is 2.07. The summed E-state index contributed by atoms with van der Waals surface area (Å²) in [5, 5.41) is 6.70. The van der Waals surface area contributed by atoms with Crippen molar-refractivity contribution in [1.82, 2.24) is 15.5 Å². The third-order valence-electron chi connectivity index (χ3n) is 2.83. The monoisotopic (exact) mass is 256 g/mol. The molecule has 0 aromatic rings. The van der Waals surface area contributed by atoms with Gasteiger partial charge in [0.2, 0.25) is 0 Å². The van der Waals surface area contributed by atoms with Gasteiger partial charge < -0.3 is 15.5 Å². The second kappa shape index (κ2) is 8.35. The van der Waals surface area contributed by atoms with Crippen molar-refractivity contribution in [3.63, 3.8) is 0 Å². The molecule has 0 aliphatic heterocycles. The molecule has 0 atom stereocenters. The van der Waals surface area contributed by atoms with Crippen LogP contribution in [0.1, 0.15) is 47.5 Å². The maximum absolute atomic E-state index is 4.22. The van der Waals surface area contributed by atoms with E-state index in [-0.39, 0.29) is 5.54 Å². The summed E-state index contributed by atoms with van der Waals surface area (Å²) < 4.78 is 0. The quantitative estimate of drug-likeness (QED) is 0.434. The molecular formula is C14H32N4. The van der Waals surface area contributed by atoms with Crippen molar-refractivity contribution in [3.8, 4) is 0 Å². The summed E-state index contributed by atoms with van der Waals surface area (Å²) in [6.45, 7) is 13.0. The summed E-state index contributed by atoms with van der Waals surface area (Å²) in [5.41, 5.74) is 0.0553. The van der Waals surface area contributed by atoms with Gasteiger partial charge >= 0.3 is 0 Å². The van der Waals surface area contributed by atoms with E-state index in [1.165, 1.54) is 12.8 Å². The SMILES string of the molecule is CN=C(NCCCCN(C)C(C)C)NC(C)(C)C. The summed E-state index contributed by atoms with van der Waals surface area (Å²) in [7, 11) is 3.99. The summed E-state index contributed by atoms with van der Waals surface area (Å²) in [5.74, 6) is 0.889. The lowest BCUT2D eigenvalue weighted by Gasteiger charge is -2.24. The van der Waals surface area contributed by atoms with Crippen molar-refractivity contribution < 1.29 is 0 Å². The Hall–Kier alpha value is -0.770. The van der Waals surface area contributed by atoms with Gasteiger partial charge in [0.1, 0.15) is 0 Å². The molecule has 18 heavy (non-hydrogen) atoms. The van der Waals surface area contributed by atoms with Crippen LogP contribution in [0.25, 0.3) is 0 Å². The molecule has 0 saturated carbocycles. The fraction of sp³-hybridized carbons (Fsp3) is 0.929. The lowest BCUT2D eigenvalue weighted by molar-refractivity contribution is 0.268. The number of unbranched alkanes of at least 4 members (excludes halogenated alkanes) is 1. The van der Waals surface area contributed by atoms with E-state index in [1.807, 2.05) is 7.05 Å². The van der Waals surface area contributed by atoms with Crippen molar-refractivity contribution in [2.45, 2.75) is 59.0 Å². The van der Waals surface area contributed by atoms with E-state index in [0.29, 0.717) is 6.04 Å². The van der Waals surface area contributed by atoms with Gasteiger partial charge in [0.15, 0.2) is 5.96 Å². The zero-order chi connectivity index (χ0) is 14.2. The Labute approximate surface area is 113 Å². The Morgan fingerprint density at radius 3 is 2.28 bits per heavy atom. The smallest absolute Gasteiger partial charge is 0.191 e. The van der Waals surface area contributed by atoms with Gasteiger partial charge in [-0.1, -0.05) is 0 Å². The van der Waals surface area contributed by atoms with Crippen molar-refractivity contribution in [2.24, 2.45) is 4.99 Å². The van der Waals surface area contributed by atoms with Crippen LogP contribution in [0.15, 0.2) is 4.99 Å². The lowest BCUT2D eigenvalue weighted by Crippen LogP contribution is -2.47. The normalized spacial score (nSPS) is 13.3. The van der Waals surface area contributed by atoms with Gasteiger partial charge in [-0.3, -0.25) is 4.99 Å². The van der Waals surface area contributed by atoms with E-state index >= 15 is 0 Å². The van der Waals surface area contributed by atoms with Crippen molar-refractivity contribution >= 4 is 5.96 Å². The van der Waals surface area contributed by atoms with Crippen LogP contribution < -0.4 is 10.6 Å². The molecule has 0 radical (unpaired) electrons. The van der Waals surface area contributed by atoms with Gasteiger partial charge in [0.05, 0.1) is 0 Å². The molecule has 108 valence electrons. The molecule has 0 fully saturated rings. The molecular weight excluding hydrogens is 224 g/mol. The third-order valence-corrected chi connectivity index (χ3v) is 2.83. The Kier molecular flexibility index (Phi) is 8.00. The first-order valence-corrected chi connectivity index (χ1v) is 6.95. The molecule has 0 unspecified atom stereocenters. The first-order chi connectivity index (χ1) is 8.26. The first-order valence-electron chi connectivity index (χ1n) is 6.95. The van der Waals surface area contributed by atoms with Gasteiger partial charge in [-0.15, -0.1) is 0 Å². The average molecular weight is 256 g/mol. The van der Waals surface area contributed by atoms with Crippen molar-refractivity contribution in [3.05, 3.63) is 0 Å². The van der Waals surface area contributed by atoms with E-state index in [9.17, 15) is 0 Å². The molecule has 0 aliphatic carbocycles. The fourth-order valence-electron chi connectivity index (χ4n) is 1.49. The summed E-state index contributed by atoms with van der Waals surface area (Å²) in [4.78, 5) is 6.60. The molecule has 2 N–H and O–H groups in total. The Morgan fingerprint density at radius 1 is 1.22 bits per heavy atom. The van der Waals surface area contributed by atoms with Gasteiger partial charge in [0, 0.05) is 25.2 Å². The molecule has 0 saturated heterocycles. The number of guanidine groups is 1. The Bertz CT molecular complexity index is 241. The lowest BCUT2D eigenvalue weighted by atomic mass is 10.1. The van der Waals surface area contributed by atoms with Gasteiger partial charge in [-0.25, -0.2) is 0 Å². The van der Waals surface area contributed by atoms with E-state index in [4.69, 9.17) is 0 Å². The fourth-order valence-corrected chi connectivity index (χ4v) is 1.49. The summed E-state index contributed by atoms with van der Waals surface area (Å²) in [6.07, 6.45) is 2.39. The number of rotatable bonds is 6. The number of nitrogens with zero attached hydrogens (tertiary/aromatic N) is 2. The third kappa shape index (κ3) is 9.28. The molecule has 0 aromatic carbocycles. The second-order valence-corrected chi connectivity index (χ2v) is 6.16. The largest absolute Gasteiger partial charge is 0.356 e. The summed E-state index contributed by atoms with van der Waals surface area (Å²) >= 11 is 0. The topological polar surface area (TPSA) is 39.7 Å². The maximum atomic E-state index is 4.22. The van der Waals surface area contributed by atoms with E-state index in [2.05, 4.69) is 62.2 Å². The van der Waals surface area contributed by atoms with Gasteiger partial charge in [-0.2, -0.15) is 0 Å². The molecule has 0 aromatic heterocycles. The predicted molar refractivity (Wildman–Crippen MR) is 81.3 cm³/mol. The second-order valence-electron chi connectivity index (χ2n) is 6.16. The highest BCUT2D eigenvalue weighted by Crippen LogP contribution is 1.99. The summed E-state index contributed by atoms with van der Waals surface area (Å²) in [6, 6.07) is 0.633. The number of hydrogen-bond acceptors (Lipinski definition) is 2. The van der Waals surface area contributed by atoms with E-state index < -0.39 is 0 Å². The van der Waals surface area contributed by atoms with Crippen LogP contribution in [-0.2, 0) is 0 Å². The zero-order valence-corrected chi connectivity index (χ0v) is 13.3. The highest BCUT2D eigenvalue weighted by molar-refractivity contribution is 5.80. The minimum Gasteiger partial charge on any atom is -0.356 e. The van der Waals surface area contributed by atoms with E-state index in [1.54, 1.807) is 0 Å². The molecule has 4 nitrogen and oxygen atoms in total. The standard InChI is InChI=1S/C14H32N4/c1-12(2)18(7)11-9-8-10-16-13(15-6)17-14(3,4)5/h12H,8-11H2,1-7H3,(H2,15,16,17). The molecule has 4 heteroatoms. The Morgan fingerprint density at radius 2 is 1.83 bits per heavy atom. The number of hydrogen-bond donors (Lipinski definition) is 2. The molecule has 0 bridgehead atoms. The first kappa shape index (κ1) is 17.2. The van der Waals surface area contributed by atoms with Crippen LogP contribution in [0.3, 0.4) is 0 Å². The van der Waals surface area contributed by atoms with Crippen LogP contribution in [0.2, 0.25) is 0 Å². The van der Waals surface area contributed by atoms with Crippen molar-refractivity contribution in [2.75, 3.05) is 27.2 Å². The van der Waals surface area contributed by atoms with Gasteiger partial charge in [-0.05, 0) is 61.1 Å². The molecule has 0 rings (SSSR count). The van der Waals surface area contributed by atoms with Crippen molar-refractivity contribution in [1.29, 1.82) is 0 Å². The van der Waals surface area contributed by atoms with E-state index in [0.717, 1.165) is 19.0 Å². The maximum Gasteiger partial charge on any atom is 0.191 e. The Balaban J connectivity index is 3.71. The number of aliphatic imine (C=N–C) groups is 1. The minimum atomic E-state index is 0.0553. The van der Waals surface area contributed by atoms with Crippen LogP contribution in [0.4, 0.5) is 0 Å². The van der Waals surface area contributed by atoms with Crippen LogP contribution in [0, 0.1) is 0 Å².